The summed E-state index contributed by atoms with van der Waals surface area (Å²) in [5.41, 5.74) is 3.25. The number of hydrogen-bond donors (Lipinski definition) is 1. The van der Waals surface area contributed by atoms with Crippen LogP contribution < -0.4 is 14.9 Å². The number of esters is 1. The zero-order valence-corrected chi connectivity index (χ0v) is 15.5. The molecule has 3 aromatic rings. The van der Waals surface area contributed by atoms with E-state index in [-0.39, 0.29) is 11.3 Å². The van der Waals surface area contributed by atoms with E-state index in [0.29, 0.717) is 16.2 Å². The third kappa shape index (κ3) is 4.80. The summed E-state index contributed by atoms with van der Waals surface area (Å²) in [6.45, 7) is 0. The lowest BCUT2D eigenvalue weighted by Crippen LogP contribution is -2.17. The fourth-order valence-electron chi connectivity index (χ4n) is 2.22. The summed E-state index contributed by atoms with van der Waals surface area (Å²) in [5.74, 6) is -0.745. The van der Waals surface area contributed by atoms with Gasteiger partial charge < -0.3 is 9.47 Å². The fourth-order valence-corrected chi connectivity index (χ4v) is 2.82. The molecular weight excluding hydrogens is 383 g/mol. The SMILES string of the molecule is COc1cc(C=NNC(=O)c2ccc(F)cc2)ccc1OC(=O)c1cccs1. The van der Waals surface area contributed by atoms with Crippen molar-refractivity contribution < 1.29 is 23.5 Å². The Labute approximate surface area is 164 Å². The Hall–Kier alpha value is -3.52. The van der Waals surface area contributed by atoms with Gasteiger partial charge in [-0.15, -0.1) is 11.3 Å². The highest BCUT2D eigenvalue weighted by Gasteiger charge is 2.13. The summed E-state index contributed by atoms with van der Waals surface area (Å²) >= 11 is 1.28. The summed E-state index contributed by atoms with van der Waals surface area (Å²) in [7, 11) is 1.45. The first-order chi connectivity index (χ1) is 13.6. The number of rotatable bonds is 6. The third-order valence-electron chi connectivity index (χ3n) is 3.60. The van der Waals surface area contributed by atoms with E-state index >= 15 is 0 Å². The average Bonchev–Trinajstić information content (AvgIpc) is 3.24. The quantitative estimate of drug-likeness (QED) is 0.296. The number of ether oxygens (including phenoxy) is 2. The van der Waals surface area contributed by atoms with Crippen LogP contribution in [-0.4, -0.2) is 25.2 Å². The Morgan fingerprint density at radius 2 is 1.89 bits per heavy atom. The molecule has 8 heteroatoms. The molecule has 2 aromatic carbocycles. The van der Waals surface area contributed by atoms with Gasteiger partial charge in [0.25, 0.3) is 5.91 Å². The minimum atomic E-state index is -0.471. The fraction of sp³-hybridized carbons (Fsp3) is 0.0500. The minimum absolute atomic E-state index is 0.272. The number of carbonyl (C=O) groups is 2. The molecule has 0 saturated carbocycles. The van der Waals surface area contributed by atoms with Crippen molar-refractivity contribution in [2.45, 2.75) is 0 Å². The Bertz CT molecular complexity index is 1000. The molecule has 6 nitrogen and oxygen atoms in total. The number of methoxy groups -OCH3 is 1. The third-order valence-corrected chi connectivity index (χ3v) is 4.45. The van der Waals surface area contributed by atoms with Crippen molar-refractivity contribution >= 4 is 29.4 Å². The highest BCUT2D eigenvalue weighted by atomic mass is 32.1. The van der Waals surface area contributed by atoms with E-state index in [9.17, 15) is 14.0 Å². The molecule has 0 spiro atoms. The highest BCUT2D eigenvalue weighted by molar-refractivity contribution is 7.12. The maximum atomic E-state index is 12.9. The number of amides is 1. The van der Waals surface area contributed by atoms with Gasteiger partial charge in [-0.05, 0) is 59.5 Å². The van der Waals surface area contributed by atoms with E-state index in [1.54, 1.807) is 35.7 Å². The van der Waals surface area contributed by atoms with Gasteiger partial charge in [0.05, 0.1) is 13.3 Å². The van der Waals surface area contributed by atoms with Crippen molar-refractivity contribution in [3.63, 3.8) is 0 Å². The second-order valence-corrected chi connectivity index (χ2v) is 6.43. The largest absolute Gasteiger partial charge is 0.493 e. The molecule has 0 aliphatic rings. The summed E-state index contributed by atoms with van der Waals surface area (Å²) in [6.07, 6.45) is 1.41. The van der Waals surface area contributed by atoms with E-state index in [1.165, 1.54) is 48.9 Å². The van der Waals surface area contributed by atoms with Crippen molar-refractivity contribution in [3.8, 4) is 11.5 Å². The van der Waals surface area contributed by atoms with E-state index in [2.05, 4.69) is 10.5 Å². The Morgan fingerprint density at radius 1 is 1.11 bits per heavy atom. The van der Waals surface area contributed by atoms with Gasteiger partial charge in [0, 0.05) is 5.56 Å². The molecular formula is C20H15FN2O4S. The molecule has 142 valence electrons. The maximum absolute atomic E-state index is 12.9. The zero-order chi connectivity index (χ0) is 19.9. The maximum Gasteiger partial charge on any atom is 0.353 e. The van der Waals surface area contributed by atoms with Crippen molar-refractivity contribution in [2.24, 2.45) is 5.10 Å². The number of hydrazone groups is 1. The predicted molar refractivity (Wildman–Crippen MR) is 104 cm³/mol. The van der Waals surface area contributed by atoms with Crippen molar-refractivity contribution in [1.82, 2.24) is 5.43 Å². The van der Waals surface area contributed by atoms with Gasteiger partial charge in [0.2, 0.25) is 0 Å². The second kappa shape index (κ2) is 8.92. The van der Waals surface area contributed by atoms with Gasteiger partial charge in [-0.25, -0.2) is 14.6 Å². The lowest BCUT2D eigenvalue weighted by Gasteiger charge is -2.09. The van der Waals surface area contributed by atoms with E-state index in [4.69, 9.17) is 9.47 Å². The molecule has 0 unspecified atom stereocenters. The first-order valence-electron chi connectivity index (χ1n) is 8.09. The van der Waals surface area contributed by atoms with Crippen LogP contribution in [0.4, 0.5) is 4.39 Å². The molecule has 3 rings (SSSR count). The van der Waals surface area contributed by atoms with Gasteiger partial charge in [0.15, 0.2) is 11.5 Å². The molecule has 0 bridgehead atoms. The number of nitrogens with one attached hydrogen (secondary N) is 1. The lowest BCUT2D eigenvalue weighted by molar-refractivity contribution is 0.0734. The molecule has 0 aliphatic carbocycles. The standard InChI is InChI=1S/C20H15FN2O4S/c1-26-17-11-13(4-9-16(17)27-20(25)18-3-2-10-28-18)12-22-23-19(24)14-5-7-15(21)8-6-14/h2-12H,1H3,(H,23,24). The van der Waals surface area contributed by atoms with Gasteiger partial charge in [-0.2, -0.15) is 5.10 Å². The minimum Gasteiger partial charge on any atom is -0.493 e. The zero-order valence-electron chi connectivity index (χ0n) is 14.7. The number of benzene rings is 2. The molecule has 0 atom stereocenters. The molecule has 1 heterocycles. The summed E-state index contributed by atoms with van der Waals surface area (Å²) in [5, 5.41) is 5.65. The van der Waals surface area contributed by atoms with Gasteiger partial charge in [-0.3, -0.25) is 4.79 Å². The lowest BCUT2D eigenvalue weighted by atomic mass is 10.2. The van der Waals surface area contributed by atoms with Gasteiger partial charge >= 0.3 is 5.97 Å². The Morgan fingerprint density at radius 3 is 2.57 bits per heavy atom. The Balaban J connectivity index is 1.66. The Kier molecular flexibility index (Phi) is 6.13. The van der Waals surface area contributed by atoms with Crippen LogP contribution in [-0.2, 0) is 0 Å². The van der Waals surface area contributed by atoms with Crippen LogP contribution in [0.25, 0.3) is 0 Å². The smallest absolute Gasteiger partial charge is 0.353 e. The van der Waals surface area contributed by atoms with Crippen LogP contribution in [0.5, 0.6) is 11.5 Å². The van der Waals surface area contributed by atoms with E-state index in [0.717, 1.165) is 0 Å². The summed E-state index contributed by atoms with van der Waals surface area (Å²) < 4.78 is 23.5. The van der Waals surface area contributed by atoms with Crippen molar-refractivity contribution in [1.29, 1.82) is 0 Å². The number of halogens is 1. The first kappa shape index (κ1) is 19.2. The second-order valence-electron chi connectivity index (χ2n) is 5.48. The predicted octanol–water partition coefficient (Wildman–Crippen LogP) is 3.88. The van der Waals surface area contributed by atoms with Crippen LogP contribution in [0.15, 0.2) is 65.1 Å². The average molecular weight is 398 g/mol. The van der Waals surface area contributed by atoms with Gasteiger partial charge in [0.1, 0.15) is 10.7 Å². The monoisotopic (exact) mass is 398 g/mol. The van der Waals surface area contributed by atoms with E-state index < -0.39 is 17.7 Å². The van der Waals surface area contributed by atoms with Crippen LogP contribution in [0.1, 0.15) is 25.6 Å². The summed E-state index contributed by atoms with van der Waals surface area (Å²) in [6, 6.07) is 13.4. The van der Waals surface area contributed by atoms with Crippen molar-refractivity contribution in [3.05, 3.63) is 81.8 Å². The normalized spacial score (nSPS) is 10.6. The molecule has 28 heavy (non-hydrogen) atoms. The van der Waals surface area contributed by atoms with Crippen molar-refractivity contribution in [2.75, 3.05) is 7.11 Å². The first-order valence-corrected chi connectivity index (χ1v) is 8.97. The number of hydrogen-bond acceptors (Lipinski definition) is 6. The van der Waals surface area contributed by atoms with E-state index in [1.807, 2.05) is 0 Å². The topological polar surface area (TPSA) is 77.0 Å². The highest BCUT2D eigenvalue weighted by Crippen LogP contribution is 2.28. The van der Waals surface area contributed by atoms with Crippen LogP contribution in [0, 0.1) is 5.82 Å². The number of carbonyl (C=O) groups excluding carboxylic acids is 2. The van der Waals surface area contributed by atoms with Crippen LogP contribution in [0.3, 0.4) is 0 Å². The molecule has 1 aromatic heterocycles. The molecule has 0 fully saturated rings. The molecule has 0 saturated heterocycles. The number of thiophene rings is 1. The molecule has 0 aliphatic heterocycles. The molecule has 0 radical (unpaired) electrons. The van der Waals surface area contributed by atoms with Crippen LogP contribution in [0.2, 0.25) is 0 Å². The van der Waals surface area contributed by atoms with Crippen LogP contribution >= 0.6 is 11.3 Å². The van der Waals surface area contributed by atoms with Gasteiger partial charge in [-0.1, -0.05) is 6.07 Å². The molecule has 1 amide bonds. The molecule has 1 N–H and O–H groups in total. The number of nitrogens with zero attached hydrogens (tertiary/aromatic N) is 1. The summed E-state index contributed by atoms with van der Waals surface area (Å²) in [4.78, 5) is 24.5.